The molecule has 0 aliphatic rings. The van der Waals surface area contributed by atoms with E-state index >= 15 is 0 Å². The van der Waals surface area contributed by atoms with Gasteiger partial charge in [-0.3, -0.25) is 0 Å². The standard InChI is InChI=1S/C14H15BrClNO/c1-8-6-12(10(3)18-8)9(2)17-11-4-5-14(16)13(15)7-11/h4-7,9,17H,1-3H3. The monoisotopic (exact) mass is 327 g/mol. The van der Waals surface area contributed by atoms with Gasteiger partial charge in [-0.2, -0.15) is 0 Å². The molecule has 2 nitrogen and oxygen atoms in total. The number of anilines is 1. The van der Waals surface area contributed by atoms with Crippen molar-refractivity contribution in [3.63, 3.8) is 0 Å². The average molecular weight is 329 g/mol. The Kier molecular flexibility index (Phi) is 4.03. The van der Waals surface area contributed by atoms with Gasteiger partial charge in [-0.05, 0) is 61.0 Å². The van der Waals surface area contributed by atoms with Crippen LogP contribution in [0, 0.1) is 13.8 Å². The summed E-state index contributed by atoms with van der Waals surface area (Å²) in [5.41, 5.74) is 2.20. The average Bonchev–Trinajstić information content (AvgIpc) is 2.63. The molecule has 96 valence electrons. The van der Waals surface area contributed by atoms with Crippen molar-refractivity contribution in [2.75, 3.05) is 5.32 Å². The Morgan fingerprint density at radius 2 is 2.00 bits per heavy atom. The number of hydrogen-bond acceptors (Lipinski definition) is 2. The molecule has 1 unspecified atom stereocenters. The fourth-order valence-corrected chi connectivity index (χ4v) is 2.49. The lowest BCUT2D eigenvalue weighted by Crippen LogP contribution is -2.06. The molecule has 1 atom stereocenters. The Morgan fingerprint density at radius 1 is 1.28 bits per heavy atom. The van der Waals surface area contributed by atoms with Gasteiger partial charge in [0, 0.05) is 15.7 Å². The van der Waals surface area contributed by atoms with Crippen molar-refractivity contribution in [2.24, 2.45) is 0 Å². The van der Waals surface area contributed by atoms with Crippen molar-refractivity contribution in [1.82, 2.24) is 0 Å². The molecule has 4 heteroatoms. The molecule has 0 saturated carbocycles. The summed E-state index contributed by atoms with van der Waals surface area (Å²) in [5.74, 6) is 1.90. The highest BCUT2D eigenvalue weighted by Crippen LogP contribution is 2.29. The van der Waals surface area contributed by atoms with E-state index in [1.165, 1.54) is 5.56 Å². The number of halogens is 2. The van der Waals surface area contributed by atoms with E-state index < -0.39 is 0 Å². The summed E-state index contributed by atoms with van der Waals surface area (Å²) in [6.45, 7) is 6.06. The van der Waals surface area contributed by atoms with Crippen LogP contribution in [0.5, 0.6) is 0 Å². The van der Waals surface area contributed by atoms with Crippen LogP contribution < -0.4 is 5.32 Å². The van der Waals surface area contributed by atoms with E-state index in [4.69, 9.17) is 16.0 Å². The molecule has 0 radical (unpaired) electrons. The number of hydrogen-bond donors (Lipinski definition) is 1. The van der Waals surface area contributed by atoms with Gasteiger partial charge in [-0.25, -0.2) is 0 Å². The Bertz CT molecular complexity index is 565. The first-order chi connectivity index (χ1) is 8.47. The molecule has 1 aromatic carbocycles. The van der Waals surface area contributed by atoms with E-state index in [-0.39, 0.29) is 6.04 Å². The molecule has 0 saturated heterocycles. The minimum atomic E-state index is 0.190. The Balaban J connectivity index is 2.18. The van der Waals surface area contributed by atoms with Crippen molar-refractivity contribution >= 4 is 33.2 Å². The van der Waals surface area contributed by atoms with Crippen LogP contribution in [0.25, 0.3) is 0 Å². The van der Waals surface area contributed by atoms with Crippen LogP contribution in [0.1, 0.15) is 30.0 Å². The van der Waals surface area contributed by atoms with Gasteiger partial charge in [-0.15, -0.1) is 0 Å². The molecule has 2 rings (SSSR count). The molecule has 2 aromatic rings. The maximum Gasteiger partial charge on any atom is 0.106 e. The van der Waals surface area contributed by atoms with E-state index in [9.17, 15) is 0 Å². The zero-order valence-corrected chi connectivity index (χ0v) is 12.9. The first-order valence-electron chi connectivity index (χ1n) is 5.76. The van der Waals surface area contributed by atoms with E-state index in [0.29, 0.717) is 5.02 Å². The molecule has 0 aliphatic carbocycles. The molecule has 0 fully saturated rings. The largest absolute Gasteiger partial charge is 0.466 e. The quantitative estimate of drug-likeness (QED) is 0.806. The van der Waals surface area contributed by atoms with Gasteiger partial charge in [0.25, 0.3) is 0 Å². The minimum Gasteiger partial charge on any atom is -0.466 e. The molecule has 1 aromatic heterocycles. The fourth-order valence-electron chi connectivity index (χ4n) is 1.99. The number of furan rings is 1. The predicted octanol–water partition coefficient (Wildman–Crippen LogP) is 5.49. The van der Waals surface area contributed by atoms with E-state index in [1.807, 2.05) is 32.0 Å². The lowest BCUT2D eigenvalue weighted by molar-refractivity contribution is 0.500. The number of rotatable bonds is 3. The van der Waals surface area contributed by atoms with Gasteiger partial charge in [0.1, 0.15) is 11.5 Å². The number of aryl methyl sites for hydroxylation is 2. The van der Waals surface area contributed by atoms with E-state index in [2.05, 4.69) is 34.2 Å². The Hall–Kier alpha value is -0.930. The summed E-state index contributed by atoms with van der Waals surface area (Å²) in [5, 5.41) is 4.14. The summed E-state index contributed by atoms with van der Waals surface area (Å²) < 4.78 is 6.44. The second kappa shape index (κ2) is 5.37. The third-order valence-electron chi connectivity index (χ3n) is 2.85. The topological polar surface area (TPSA) is 25.2 Å². The maximum atomic E-state index is 5.97. The molecule has 0 amide bonds. The maximum absolute atomic E-state index is 5.97. The van der Waals surface area contributed by atoms with Crippen molar-refractivity contribution in [2.45, 2.75) is 26.8 Å². The lowest BCUT2D eigenvalue weighted by Gasteiger charge is -2.15. The highest BCUT2D eigenvalue weighted by atomic mass is 79.9. The zero-order chi connectivity index (χ0) is 13.3. The van der Waals surface area contributed by atoms with Crippen LogP contribution in [0.2, 0.25) is 5.02 Å². The normalized spacial score (nSPS) is 12.5. The third-order valence-corrected chi connectivity index (χ3v) is 4.06. The smallest absolute Gasteiger partial charge is 0.106 e. The van der Waals surface area contributed by atoms with Gasteiger partial charge in [0.2, 0.25) is 0 Å². The highest BCUT2D eigenvalue weighted by molar-refractivity contribution is 9.10. The third kappa shape index (κ3) is 2.90. The van der Waals surface area contributed by atoms with E-state index in [0.717, 1.165) is 21.7 Å². The van der Waals surface area contributed by atoms with Crippen LogP contribution in [0.3, 0.4) is 0 Å². The van der Waals surface area contributed by atoms with Crippen LogP contribution >= 0.6 is 27.5 Å². The van der Waals surface area contributed by atoms with Gasteiger partial charge in [0.15, 0.2) is 0 Å². The first kappa shape index (κ1) is 13.5. The molecule has 0 spiro atoms. The molecule has 1 N–H and O–H groups in total. The minimum absolute atomic E-state index is 0.190. The molecule has 0 bridgehead atoms. The van der Waals surface area contributed by atoms with Crippen molar-refractivity contribution < 1.29 is 4.42 Å². The van der Waals surface area contributed by atoms with Gasteiger partial charge in [-0.1, -0.05) is 11.6 Å². The van der Waals surface area contributed by atoms with Crippen LogP contribution in [-0.4, -0.2) is 0 Å². The van der Waals surface area contributed by atoms with Crippen LogP contribution in [-0.2, 0) is 0 Å². The zero-order valence-electron chi connectivity index (χ0n) is 10.6. The van der Waals surface area contributed by atoms with Crippen molar-refractivity contribution in [1.29, 1.82) is 0 Å². The molecule has 1 heterocycles. The highest BCUT2D eigenvalue weighted by Gasteiger charge is 2.12. The molecule has 18 heavy (non-hydrogen) atoms. The van der Waals surface area contributed by atoms with Gasteiger partial charge in [0.05, 0.1) is 11.1 Å². The second-order valence-corrected chi connectivity index (χ2v) is 5.63. The lowest BCUT2D eigenvalue weighted by atomic mass is 10.1. The molecular formula is C14H15BrClNO. The summed E-state index contributed by atoms with van der Waals surface area (Å²) in [4.78, 5) is 0. The fraction of sp³-hybridized carbons (Fsp3) is 0.286. The van der Waals surface area contributed by atoms with E-state index in [1.54, 1.807) is 0 Å². The summed E-state index contributed by atoms with van der Waals surface area (Å²) >= 11 is 9.39. The summed E-state index contributed by atoms with van der Waals surface area (Å²) in [6, 6.07) is 8.06. The van der Waals surface area contributed by atoms with Crippen molar-refractivity contribution in [3.8, 4) is 0 Å². The number of benzene rings is 1. The second-order valence-electron chi connectivity index (χ2n) is 4.36. The Labute approximate surface area is 120 Å². The van der Waals surface area contributed by atoms with Crippen molar-refractivity contribution in [3.05, 3.63) is 50.8 Å². The molecule has 0 aliphatic heterocycles. The van der Waals surface area contributed by atoms with Gasteiger partial charge < -0.3 is 9.73 Å². The van der Waals surface area contributed by atoms with Gasteiger partial charge >= 0.3 is 0 Å². The Morgan fingerprint density at radius 3 is 2.56 bits per heavy atom. The molecular weight excluding hydrogens is 314 g/mol. The predicted molar refractivity (Wildman–Crippen MR) is 79.4 cm³/mol. The summed E-state index contributed by atoms with van der Waals surface area (Å²) in [7, 11) is 0. The SMILES string of the molecule is Cc1cc(C(C)Nc2ccc(Cl)c(Br)c2)c(C)o1. The first-order valence-corrected chi connectivity index (χ1v) is 6.93. The van der Waals surface area contributed by atoms with Crippen LogP contribution in [0.4, 0.5) is 5.69 Å². The summed E-state index contributed by atoms with van der Waals surface area (Å²) in [6.07, 6.45) is 0. The number of nitrogens with one attached hydrogen (secondary N) is 1. The van der Waals surface area contributed by atoms with Crippen LogP contribution in [0.15, 0.2) is 33.2 Å².